The van der Waals surface area contributed by atoms with Gasteiger partial charge in [-0.15, -0.1) is 0 Å². The van der Waals surface area contributed by atoms with Crippen LogP contribution in [0.5, 0.6) is 0 Å². The summed E-state index contributed by atoms with van der Waals surface area (Å²) in [6.07, 6.45) is -0.324. The van der Waals surface area contributed by atoms with Gasteiger partial charge in [-0.3, -0.25) is 4.79 Å². The van der Waals surface area contributed by atoms with E-state index in [1.807, 2.05) is 45.9 Å². The zero-order valence-corrected chi connectivity index (χ0v) is 15.2. The molecule has 2 amide bonds. The number of hydrogen-bond acceptors (Lipinski definition) is 4. The lowest BCUT2D eigenvalue weighted by Gasteiger charge is -2.35. The lowest BCUT2D eigenvalue weighted by Crippen LogP contribution is -2.51. The minimum absolute atomic E-state index is 0.0235. The third-order valence-corrected chi connectivity index (χ3v) is 4.11. The summed E-state index contributed by atoms with van der Waals surface area (Å²) < 4.78 is 10.9. The normalized spacial score (nSPS) is 15.5. The fraction of sp³-hybridized carbons (Fsp3) is 0.474. The van der Waals surface area contributed by atoms with Crippen molar-refractivity contribution in [2.75, 3.05) is 26.2 Å². The first kappa shape index (κ1) is 17.3. The van der Waals surface area contributed by atoms with Crippen molar-refractivity contribution in [3.8, 4) is 0 Å². The Hall–Kier alpha value is -2.50. The number of fused-ring (bicyclic) bond motifs is 1. The van der Waals surface area contributed by atoms with Gasteiger partial charge in [0.1, 0.15) is 16.9 Å². The standard InChI is InChI=1S/C19H24N2O4/c1-13-11-15-12-14(5-6-16(15)24-13)17(22)20-7-9-21(10-8-20)18(23)25-19(2,3)4/h5-6,11-12H,7-10H2,1-4H3. The molecule has 1 aromatic heterocycles. The first-order valence-corrected chi connectivity index (χ1v) is 8.50. The minimum atomic E-state index is -0.512. The van der Waals surface area contributed by atoms with E-state index in [1.165, 1.54) is 0 Å². The molecule has 2 heterocycles. The van der Waals surface area contributed by atoms with Crippen LogP contribution in [0.1, 0.15) is 36.9 Å². The first-order chi connectivity index (χ1) is 11.7. The highest BCUT2D eigenvalue weighted by Gasteiger charge is 2.28. The number of ether oxygens (including phenoxy) is 1. The average Bonchev–Trinajstić information content (AvgIpc) is 2.91. The fourth-order valence-corrected chi connectivity index (χ4v) is 2.91. The average molecular weight is 344 g/mol. The highest BCUT2D eigenvalue weighted by atomic mass is 16.6. The van der Waals surface area contributed by atoms with Crippen LogP contribution < -0.4 is 0 Å². The van der Waals surface area contributed by atoms with Crippen molar-refractivity contribution in [2.24, 2.45) is 0 Å². The molecule has 0 bridgehead atoms. The van der Waals surface area contributed by atoms with Gasteiger partial charge in [-0.25, -0.2) is 4.79 Å². The van der Waals surface area contributed by atoms with Gasteiger partial charge in [-0.05, 0) is 52.0 Å². The molecule has 0 atom stereocenters. The van der Waals surface area contributed by atoms with Gasteiger partial charge in [0, 0.05) is 37.1 Å². The highest BCUT2D eigenvalue weighted by molar-refractivity contribution is 5.98. The summed E-state index contributed by atoms with van der Waals surface area (Å²) in [7, 11) is 0. The van der Waals surface area contributed by atoms with E-state index in [9.17, 15) is 9.59 Å². The molecule has 25 heavy (non-hydrogen) atoms. The van der Waals surface area contributed by atoms with Gasteiger partial charge >= 0.3 is 6.09 Å². The van der Waals surface area contributed by atoms with Crippen molar-refractivity contribution in [1.29, 1.82) is 0 Å². The Bertz CT molecular complexity index is 795. The third-order valence-electron chi connectivity index (χ3n) is 4.11. The quantitative estimate of drug-likeness (QED) is 0.795. The van der Waals surface area contributed by atoms with Crippen molar-refractivity contribution >= 4 is 23.0 Å². The summed E-state index contributed by atoms with van der Waals surface area (Å²) in [5, 5.41) is 0.927. The summed E-state index contributed by atoms with van der Waals surface area (Å²) in [4.78, 5) is 28.2. The number of furan rings is 1. The SMILES string of the molecule is Cc1cc2cc(C(=O)N3CCN(C(=O)OC(C)(C)C)CC3)ccc2o1. The largest absolute Gasteiger partial charge is 0.461 e. The molecule has 1 aliphatic heterocycles. The third kappa shape index (κ3) is 3.95. The van der Waals surface area contributed by atoms with Crippen LogP contribution in [0.3, 0.4) is 0 Å². The van der Waals surface area contributed by atoms with Crippen molar-refractivity contribution in [3.05, 3.63) is 35.6 Å². The molecule has 134 valence electrons. The van der Waals surface area contributed by atoms with Crippen molar-refractivity contribution in [3.63, 3.8) is 0 Å². The zero-order valence-electron chi connectivity index (χ0n) is 15.2. The summed E-state index contributed by atoms with van der Waals surface area (Å²) in [6, 6.07) is 7.39. The predicted molar refractivity (Wildman–Crippen MR) is 94.7 cm³/mol. The summed E-state index contributed by atoms with van der Waals surface area (Å²) >= 11 is 0. The second kappa shape index (κ2) is 6.43. The van der Waals surface area contributed by atoms with Crippen molar-refractivity contribution in [1.82, 2.24) is 9.80 Å². The van der Waals surface area contributed by atoms with E-state index in [0.717, 1.165) is 16.7 Å². The number of amides is 2. The molecule has 3 rings (SSSR count). The van der Waals surface area contributed by atoms with Crippen molar-refractivity contribution in [2.45, 2.75) is 33.3 Å². The summed E-state index contributed by atoms with van der Waals surface area (Å²) in [5.41, 5.74) is 0.908. The Morgan fingerprint density at radius 3 is 2.32 bits per heavy atom. The number of benzene rings is 1. The molecular weight excluding hydrogens is 320 g/mol. The maximum Gasteiger partial charge on any atom is 0.410 e. The molecule has 1 aliphatic rings. The second-order valence-electron chi connectivity index (χ2n) is 7.37. The van der Waals surface area contributed by atoms with E-state index in [4.69, 9.17) is 9.15 Å². The van der Waals surface area contributed by atoms with Gasteiger partial charge in [-0.2, -0.15) is 0 Å². The zero-order chi connectivity index (χ0) is 18.2. The predicted octanol–water partition coefficient (Wildman–Crippen LogP) is 3.43. The molecular formula is C19H24N2O4. The molecule has 0 aliphatic carbocycles. The number of rotatable bonds is 1. The van der Waals surface area contributed by atoms with E-state index >= 15 is 0 Å². The van der Waals surface area contributed by atoms with Crippen LogP contribution in [0, 0.1) is 6.92 Å². The number of nitrogens with zero attached hydrogens (tertiary/aromatic N) is 2. The smallest absolute Gasteiger partial charge is 0.410 e. The van der Waals surface area contributed by atoms with E-state index in [0.29, 0.717) is 31.7 Å². The van der Waals surface area contributed by atoms with Gasteiger partial charge in [0.05, 0.1) is 0 Å². The monoisotopic (exact) mass is 344 g/mol. The van der Waals surface area contributed by atoms with Crippen LogP contribution in [0.4, 0.5) is 4.79 Å². The van der Waals surface area contributed by atoms with E-state index < -0.39 is 5.60 Å². The highest BCUT2D eigenvalue weighted by Crippen LogP contribution is 2.21. The number of carbonyl (C=O) groups excluding carboxylic acids is 2. The topological polar surface area (TPSA) is 63.0 Å². The van der Waals surface area contributed by atoms with Crippen LogP contribution in [0.15, 0.2) is 28.7 Å². The Morgan fingerprint density at radius 1 is 1.04 bits per heavy atom. The molecule has 6 heteroatoms. The summed E-state index contributed by atoms with van der Waals surface area (Å²) in [6.45, 7) is 9.38. The van der Waals surface area contributed by atoms with E-state index in [1.54, 1.807) is 15.9 Å². The molecule has 1 fully saturated rings. The van der Waals surface area contributed by atoms with Crippen molar-refractivity contribution < 1.29 is 18.7 Å². The second-order valence-corrected chi connectivity index (χ2v) is 7.37. The molecule has 0 N–H and O–H groups in total. The Morgan fingerprint density at radius 2 is 1.68 bits per heavy atom. The molecule has 1 aromatic carbocycles. The lowest BCUT2D eigenvalue weighted by molar-refractivity contribution is 0.0141. The van der Waals surface area contributed by atoms with Crippen LogP contribution >= 0.6 is 0 Å². The molecule has 0 unspecified atom stereocenters. The molecule has 6 nitrogen and oxygen atoms in total. The van der Waals surface area contributed by atoms with E-state index in [-0.39, 0.29) is 12.0 Å². The van der Waals surface area contributed by atoms with Crippen LogP contribution in [0.2, 0.25) is 0 Å². The van der Waals surface area contributed by atoms with Gasteiger partial charge in [-0.1, -0.05) is 0 Å². The van der Waals surface area contributed by atoms with Gasteiger partial charge in [0.15, 0.2) is 0 Å². The fourth-order valence-electron chi connectivity index (χ4n) is 2.91. The maximum atomic E-state index is 12.7. The number of carbonyl (C=O) groups is 2. The van der Waals surface area contributed by atoms with Gasteiger partial charge in [0.25, 0.3) is 5.91 Å². The van der Waals surface area contributed by atoms with Gasteiger partial charge in [0.2, 0.25) is 0 Å². The Balaban J connectivity index is 1.63. The maximum absolute atomic E-state index is 12.7. The molecule has 0 spiro atoms. The van der Waals surface area contributed by atoms with Crippen LogP contribution in [0.25, 0.3) is 11.0 Å². The van der Waals surface area contributed by atoms with Crippen LogP contribution in [-0.4, -0.2) is 53.6 Å². The van der Waals surface area contributed by atoms with Gasteiger partial charge < -0.3 is 19.0 Å². The Kier molecular flexibility index (Phi) is 4.45. The number of piperazine rings is 1. The van der Waals surface area contributed by atoms with Crippen LogP contribution in [-0.2, 0) is 4.74 Å². The lowest BCUT2D eigenvalue weighted by atomic mass is 10.1. The Labute approximate surface area is 147 Å². The molecule has 1 saturated heterocycles. The number of hydrogen-bond donors (Lipinski definition) is 0. The first-order valence-electron chi connectivity index (χ1n) is 8.50. The molecule has 0 radical (unpaired) electrons. The molecule has 0 saturated carbocycles. The minimum Gasteiger partial charge on any atom is -0.461 e. The number of aryl methyl sites for hydroxylation is 1. The van der Waals surface area contributed by atoms with E-state index in [2.05, 4.69) is 0 Å². The summed E-state index contributed by atoms with van der Waals surface area (Å²) in [5.74, 6) is 0.801. The molecule has 2 aromatic rings.